The lowest BCUT2D eigenvalue weighted by molar-refractivity contribution is -0.122. The first-order valence-corrected chi connectivity index (χ1v) is 6.19. The van der Waals surface area contributed by atoms with Crippen LogP contribution in [0.2, 0.25) is 0 Å². The van der Waals surface area contributed by atoms with Gasteiger partial charge in [-0.3, -0.25) is 4.79 Å². The second-order valence-electron chi connectivity index (χ2n) is 4.35. The molecule has 0 aliphatic carbocycles. The Morgan fingerprint density at radius 2 is 2.28 bits per heavy atom. The van der Waals surface area contributed by atoms with Crippen molar-refractivity contribution in [2.45, 2.75) is 19.9 Å². The third kappa shape index (κ3) is 2.50. The summed E-state index contributed by atoms with van der Waals surface area (Å²) in [6.07, 6.45) is 0. The van der Waals surface area contributed by atoms with Crippen molar-refractivity contribution in [2.75, 3.05) is 30.3 Å². The second-order valence-corrected chi connectivity index (χ2v) is 4.35. The topological polar surface area (TPSA) is 67.6 Å². The Labute approximate surface area is 107 Å². The number of ether oxygens (including phenoxy) is 1. The quantitative estimate of drug-likeness (QED) is 0.784. The molecule has 0 bridgehead atoms. The molecule has 1 amide bonds. The number of anilines is 2. The molecule has 0 spiro atoms. The fraction of sp³-hybridized carbons (Fsp3) is 0.462. The van der Waals surface area contributed by atoms with Crippen LogP contribution in [-0.4, -0.2) is 31.6 Å². The molecule has 0 saturated carbocycles. The molecule has 1 heterocycles. The summed E-state index contributed by atoms with van der Waals surface area (Å²) in [5.74, 6) is 0.785. The number of hydrogen-bond donors (Lipinski definition) is 2. The first-order chi connectivity index (χ1) is 8.61. The minimum absolute atomic E-state index is 0.0432. The Morgan fingerprint density at radius 3 is 3.00 bits per heavy atom. The molecule has 1 saturated heterocycles. The zero-order valence-electron chi connectivity index (χ0n) is 10.8. The number of hydrogen-bond acceptors (Lipinski definition) is 4. The standard InChI is InChI=1S/C13H19N3O2/c1-3-18-12-7-10(14)6-11(8-12)16-5-4-15-13(17)9(16)2/h6-9H,3-5,14H2,1-2H3,(H,15,17). The molecular formula is C13H19N3O2. The lowest BCUT2D eigenvalue weighted by atomic mass is 10.1. The van der Waals surface area contributed by atoms with E-state index in [0.717, 1.165) is 18.0 Å². The van der Waals surface area contributed by atoms with Gasteiger partial charge in [-0.15, -0.1) is 0 Å². The van der Waals surface area contributed by atoms with Crippen LogP contribution in [0.25, 0.3) is 0 Å². The third-order valence-electron chi connectivity index (χ3n) is 3.06. The van der Waals surface area contributed by atoms with Gasteiger partial charge in [0.05, 0.1) is 6.61 Å². The van der Waals surface area contributed by atoms with E-state index in [-0.39, 0.29) is 11.9 Å². The largest absolute Gasteiger partial charge is 0.494 e. The molecule has 0 radical (unpaired) electrons. The van der Waals surface area contributed by atoms with Gasteiger partial charge >= 0.3 is 0 Å². The van der Waals surface area contributed by atoms with Crippen LogP contribution in [-0.2, 0) is 4.79 Å². The number of carbonyl (C=O) groups excluding carboxylic acids is 1. The average Bonchev–Trinajstić information content (AvgIpc) is 2.32. The van der Waals surface area contributed by atoms with Crippen LogP contribution in [0.4, 0.5) is 11.4 Å². The van der Waals surface area contributed by atoms with Crippen molar-refractivity contribution in [3.05, 3.63) is 18.2 Å². The van der Waals surface area contributed by atoms with Gasteiger partial charge in [0.2, 0.25) is 5.91 Å². The lowest BCUT2D eigenvalue weighted by Crippen LogP contribution is -2.54. The van der Waals surface area contributed by atoms with Crippen LogP contribution in [0.3, 0.4) is 0 Å². The summed E-state index contributed by atoms with van der Waals surface area (Å²) < 4.78 is 5.47. The minimum atomic E-state index is -0.185. The number of nitrogens with one attached hydrogen (secondary N) is 1. The summed E-state index contributed by atoms with van der Waals surface area (Å²) in [4.78, 5) is 13.7. The van der Waals surface area contributed by atoms with Crippen molar-refractivity contribution in [1.82, 2.24) is 5.32 Å². The van der Waals surface area contributed by atoms with E-state index < -0.39 is 0 Å². The smallest absolute Gasteiger partial charge is 0.242 e. The molecule has 5 heteroatoms. The molecule has 1 fully saturated rings. The Kier molecular flexibility index (Phi) is 3.60. The van der Waals surface area contributed by atoms with Gasteiger partial charge in [0.1, 0.15) is 11.8 Å². The highest BCUT2D eigenvalue weighted by molar-refractivity contribution is 5.86. The summed E-state index contributed by atoms with van der Waals surface area (Å²) in [7, 11) is 0. The summed E-state index contributed by atoms with van der Waals surface area (Å²) in [5.41, 5.74) is 7.45. The Morgan fingerprint density at radius 1 is 1.50 bits per heavy atom. The Bertz CT molecular complexity index is 448. The molecule has 2 rings (SSSR count). The van der Waals surface area contributed by atoms with Crippen molar-refractivity contribution in [2.24, 2.45) is 0 Å². The van der Waals surface area contributed by atoms with Gasteiger partial charge in [-0.05, 0) is 19.9 Å². The lowest BCUT2D eigenvalue weighted by Gasteiger charge is -2.35. The van der Waals surface area contributed by atoms with Crippen LogP contribution >= 0.6 is 0 Å². The van der Waals surface area contributed by atoms with E-state index >= 15 is 0 Å². The van der Waals surface area contributed by atoms with E-state index in [1.807, 2.05) is 30.9 Å². The molecule has 5 nitrogen and oxygen atoms in total. The van der Waals surface area contributed by atoms with E-state index in [0.29, 0.717) is 18.8 Å². The molecule has 1 aliphatic heterocycles. The molecule has 1 aromatic rings. The van der Waals surface area contributed by atoms with Crippen LogP contribution in [0.15, 0.2) is 18.2 Å². The summed E-state index contributed by atoms with van der Waals surface area (Å²) in [6.45, 7) is 5.85. The van der Waals surface area contributed by atoms with Gasteiger partial charge in [-0.1, -0.05) is 0 Å². The zero-order chi connectivity index (χ0) is 13.1. The predicted octanol–water partition coefficient (Wildman–Crippen LogP) is 0.992. The monoisotopic (exact) mass is 249 g/mol. The van der Waals surface area contributed by atoms with Crippen LogP contribution in [0, 0.1) is 0 Å². The maximum atomic E-state index is 11.7. The highest BCUT2D eigenvalue weighted by atomic mass is 16.5. The van der Waals surface area contributed by atoms with Crippen LogP contribution in [0.1, 0.15) is 13.8 Å². The molecule has 1 aliphatic rings. The molecule has 0 aromatic heterocycles. The van der Waals surface area contributed by atoms with Gasteiger partial charge in [-0.2, -0.15) is 0 Å². The molecule has 1 atom stereocenters. The number of nitrogens with two attached hydrogens (primary N) is 1. The normalized spacial score (nSPS) is 19.6. The fourth-order valence-corrected chi connectivity index (χ4v) is 2.16. The SMILES string of the molecule is CCOc1cc(N)cc(N2CCNC(=O)C2C)c1. The Balaban J connectivity index is 2.28. The van der Waals surface area contributed by atoms with Crippen molar-refractivity contribution in [3.8, 4) is 5.75 Å². The highest BCUT2D eigenvalue weighted by Crippen LogP contribution is 2.27. The molecule has 1 unspecified atom stereocenters. The third-order valence-corrected chi connectivity index (χ3v) is 3.06. The predicted molar refractivity (Wildman–Crippen MR) is 71.8 cm³/mol. The second kappa shape index (κ2) is 5.16. The number of piperazine rings is 1. The maximum absolute atomic E-state index is 11.7. The van der Waals surface area contributed by atoms with E-state index in [1.54, 1.807) is 6.07 Å². The van der Waals surface area contributed by atoms with Gasteiger partial charge in [0, 0.05) is 36.6 Å². The van der Waals surface area contributed by atoms with E-state index in [1.165, 1.54) is 0 Å². The number of nitrogens with zero attached hydrogens (tertiary/aromatic N) is 1. The van der Waals surface area contributed by atoms with E-state index in [4.69, 9.17) is 10.5 Å². The summed E-state index contributed by atoms with van der Waals surface area (Å²) in [5, 5.41) is 2.84. The molecular weight excluding hydrogens is 230 g/mol. The molecule has 1 aromatic carbocycles. The first-order valence-electron chi connectivity index (χ1n) is 6.19. The van der Waals surface area contributed by atoms with Crippen molar-refractivity contribution in [1.29, 1.82) is 0 Å². The minimum Gasteiger partial charge on any atom is -0.494 e. The van der Waals surface area contributed by atoms with Gasteiger partial charge < -0.3 is 20.7 Å². The van der Waals surface area contributed by atoms with Crippen molar-refractivity contribution < 1.29 is 9.53 Å². The van der Waals surface area contributed by atoms with E-state index in [2.05, 4.69) is 5.32 Å². The fourth-order valence-electron chi connectivity index (χ4n) is 2.16. The van der Waals surface area contributed by atoms with E-state index in [9.17, 15) is 4.79 Å². The van der Waals surface area contributed by atoms with Crippen molar-refractivity contribution >= 4 is 17.3 Å². The molecule has 18 heavy (non-hydrogen) atoms. The van der Waals surface area contributed by atoms with Crippen LogP contribution in [0.5, 0.6) is 5.75 Å². The molecule has 98 valence electrons. The Hall–Kier alpha value is -1.91. The average molecular weight is 249 g/mol. The number of carbonyl (C=O) groups is 1. The van der Waals surface area contributed by atoms with Gasteiger partial charge in [0.25, 0.3) is 0 Å². The number of amides is 1. The summed E-state index contributed by atoms with van der Waals surface area (Å²) >= 11 is 0. The number of benzene rings is 1. The van der Waals surface area contributed by atoms with Gasteiger partial charge in [0.15, 0.2) is 0 Å². The molecule has 3 N–H and O–H groups in total. The van der Waals surface area contributed by atoms with Crippen LogP contribution < -0.4 is 20.7 Å². The zero-order valence-corrected chi connectivity index (χ0v) is 10.8. The maximum Gasteiger partial charge on any atom is 0.242 e. The number of nitrogen functional groups attached to an aromatic ring is 1. The van der Waals surface area contributed by atoms with Crippen molar-refractivity contribution in [3.63, 3.8) is 0 Å². The summed E-state index contributed by atoms with van der Waals surface area (Å²) in [6, 6.07) is 5.41. The number of rotatable bonds is 3. The first kappa shape index (κ1) is 12.5. The highest BCUT2D eigenvalue weighted by Gasteiger charge is 2.25. The van der Waals surface area contributed by atoms with Gasteiger partial charge in [-0.25, -0.2) is 0 Å².